The lowest BCUT2D eigenvalue weighted by Crippen LogP contribution is -2.19. The van der Waals surface area contributed by atoms with Gasteiger partial charge in [0.1, 0.15) is 30.0 Å². The Balaban J connectivity index is 1.18. The van der Waals surface area contributed by atoms with Crippen molar-refractivity contribution in [3.05, 3.63) is 90.7 Å². The number of benzene rings is 2. The summed E-state index contributed by atoms with van der Waals surface area (Å²) in [7, 11) is 2.15. The van der Waals surface area contributed by atoms with Gasteiger partial charge in [0, 0.05) is 53.8 Å². The van der Waals surface area contributed by atoms with E-state index in [1.807, 2.05) is 55.6 Å². The standard InChI is InChI=1S/C33H29N7O2/c1-4-26(41)12-23-13-28-29(14-22(23)7-9-33-16-24(33)17-39(3)18-33)34-19-36-32(28)38-25-5-6-30(21(2)11-25)42-27-8-10-40-31(15-27)35-20-37-40/h4-6,8,10-11,13-15,19-20,24H,1,12,16-18H2,2-3H3,(H,34,36,38). The van der Waals surface area contributed by atoms with E-state index in [2.05, 4.69) is 55.7 Å². The Morgan fingerprint density at radius 1 is 1.19 bits per heavy atom. The topological polar surface area (TPSA) is 97.5 Å². The number of ether oxygens (including phenoxy) is 1. The summed E-state index contributed by atoms with van der Waals surface area (Å²) in [5, 5.41) is 8.37. The first-order chi connectivity index (χ1) is 20.4. The van der Waals surface area contributed by atoms with Crippen LogP contribution in [-0.4, -0.2) is 55.4 Å². The molecule has 0 amide bonds. The van der Waals surface area contributed by atoms with Gasteiger partial charge in [-0.05, 0) is 79.9 Å². The number of hydrogen-bond donors (Lipinski definition) is 1. The third-order valence-electron chi connectivity index (χ3n) is 8.13. The third-order valence-corrected chi connectivity index (χ3v) is 8.13. The van der Waals surface area contributed by atoms with Gasteiger partial charge in [0.15, 0.2) is 11.4 Å². The lowest BCUT2D eigenvalue weighted by atomic mass is 9.98. The Morgan fingerprint density at radius 2 is 2.10 bits per heavy atom. The van der Waals surface area contributed by atoms with Gasteiger partial charge in [-0.15, -0.1) is 0 Å². The molecule has 9 heteroatoms. The number of carbonyl (C=O) groups excluding carboxylic acids is 1. The Kier molecular flexibility index (Phi) is 6.21. The van der Waals surface area contributed by atoms with Gasteiger partial charge in [-0.25, -0.2) is 19.5 Å². The Bertz CT molecular complexity index is 1950. The lowest BCUT2D eigenvalue weighted by molar-refractivity contribution is -0.114. The number of pyridine rings is 1. The number of rotatable bonds is 7. The fourth-order valence-corrected chi connectivity index (χ4v) is 5.86. The van der Waals surface area contributed by atoms with Crippen LogP contribution in [-0.2, 0) is 11.2 Å². The summed E-state index contributed by atoms with van der Waals surface area (Å²) in [6.07, 6.45) is 7.60. The maximum atomic E-state index is 12.4. The van der Waals surface area contributed by atoms with Crippen LogP contribution < -0.4 is 10.1 Å². The monoisotopic (exact) mass is 555 g/mol. The van der Waals surface area contributed by atoms with E-state index in [4.69, 9.17) is 4.74 Å². The molecule has 42 heavy (non-hydrogen) atoms. The molecule has 2 aromatic carbocycles. The average molecular weight is 556 g/mol. The van der Waals surface area contributed by atoms with Crippen LogP contribution in [0.25, 0.3) is 16.6 Å². The van der Waals surface area contributed by atoms with Crippen molar-refractivity contribution in [1.82, 2.24) is 29.5 Å². The van der Waals surface area contributed by atoms with Gasteiger partial charge in [-0.2, -0.15) is 5.10 Å². The molecule has 208 valence electrons. The van der Waals surface area contributed by atoms with Crippen molar-refractivity contribution < 1.29 is 9.53 Å². The fourth-order valence-electron chi connectivity index (χ4n) is 5.86. The lowest BCUT2D eigenvalue weighted by Gasteiger charge is -2.14. The van der Waals surface area contributed by atoms with Crippen LogP contribution in [0.1, 0.15) is 23.1 Å². The van der Waals surface area contributed by atoms with Crippen molar-refractivity contribution in [2.45, 2.75) is 19.8 Å². The Morgan fingerprint density at radius 3 is 2.90 bits per heavy atom. The number of nitrogens with zero attached hydrogens (tertiary/aromatic N) is 6. The van der Waals surface area contributed by atoms with Crippen LogP contribution in [0, 0.1) is 30.1 Å². The van der Waals surface area contributed by atoms with Crippen LogP contribution in [0.3, 0.4) is 0 Å². The highest BCUT2D eigenvalue weighted by atomic mass is 16.5. The molecule has 4 heterocycles. The van der Waals surface area contributed by atoms with Crippen LogP contribution >= 0.6 is 0 Å². The molecule has 0 radical (unpaired) electrons. The van der Waals surface area contributed by atoms with Gasteiger partial charge in [-0.1, -0.05) is 18.4 Å². The van der Waals surface area contributed by atoms with Crippen molar-refractivity contribution in [2.75, 3.05) is 25.5 Å². The van der Waals surface area contributed by atoms with Gasteiger partial charge in [0.05, 0.1) is 5.52 Å². The summed E-state index contributed by atoms with van der Waals surface area (Å²) in [5.41, 5.74) is 5.04. The van der Waals surface area contributed by atoms with Crippen molar-refractivity contribution in [2.24, 2.45) is 11.3 Å². The van der Waals surface area contributed by atoms with Crippen molar-refractivity contribution in [1.29, 1.82) is 0 Å². The predicted octanol–water partition coefficient (Wildman–Crippen LogP) is 5.12. The highest BCUT2D eigenvalue weighted by molar-refractivity contribution is 5.95. The summed E-state index contributed by atoms with van der Waals surface area (Å²) in [5.74, 6) is 9.63. The van der Waals surface area contributed by atoms with E-state index in [0.717, 1.165) is 58.5 Å². The second-order valence-corrected chi connectivity index (χ2v) is 11.2. The number of aryl methyl sites for hydroxylation is 1. The smallest absolute Gasteiger partial charge is 0.159 e. The molecule has 3 aromatic heterocycles. The van der Waals surface area contributed by atoms with Crippen molar-refractivity contribution >= 4 is 33.8 Å². The minimum atomic E-state index is -0.0544. The number of hydrogen-bond acceptors (Lipinski definition) is 8. The minimum Gasteiger partial charge on any atom is -0.457 e. The first-order valence-corrected chi connectivity index (χ1v) is 13.9. The molecule has 2 fully saturated rings. The third kappa shape index (κ3) is 4.86. The zero-order valence-corrected chi connectivity index (χ0v) is 23.5. The van der Waals surface area contributed by atoms with E-state index in [-0.39, 0.29) is 17.6 Å². The van der Waals surface area contributed by atoms with Gasteiger partial charge in [0.25, 0.3) is 0 Å². The molecule has 2 unspecified atom stereocenters. The second-order valence-electron chi connectivity index (χ2n) is 11.2. The van der Waals surface area contributed by atoms with Crippen LogP contribution in [0.2, 0.25) is 0 Å². The number of piperidine rings is 1. The van der Waals surface area contributed by atoms with Crippen LogP contribution in [0.4, 0.5) is 11.5 Å². The first-order valence-electron chi connectivity index (χ1n) is 13.9. The van der Waals surface area contributed by atoms with E-state index in [9.17, 15) is 4.79 Å². The molecule has 0 spiro atoms. The second kappa shape index (κ2) is 10.1. The van der Waals surface area contributed by atoms with Crippen molar-refractivity contribution in [3.63, 3.8) is 0 Å². The zero-order valence-electron chi connectivity index (χ0n) is 23.5. The number of allylic oxidation sites excluding steroid dienone is 1. The summed E-state index contributed by atoms with van der Waals surface area (Å²) in [6, 6.07) is 13.5. The minimum absolute atomic E-state index is 0.0544. The molecule has 5 aromatic rings. The molecular formula is C33H29N7O2. The number of carbonyl (C=O) groups is 1. The highest BCUT2D eigenvalue weighted by Gasteiger charge is 2.58. The van der Waals surface area contributed by atoms with Gasteiger partial charge >= 0.3 is 0 Å². The Labute approximate surface area is 243 Å². The molecule has 1 saturated heterocycles. The van der Waals surface area contributed by atoms with Gasteiger partial charge < -0.3 is 15.0 Å². The first kappa shape index (κ1) is 25.9. The van der Waals surface area contributed by atoms with E-state index < -0.39 is 0 Å². The maximum absolute atomic E-state index is 12.4. The fraction of sp³-hybridized carbons (Fsp3) is 0.242. The predicted molar refractivity (Wildman–Crippen MR) is 161 cm³/mol. The number of aromatic nitrogens is 5. The molecule has 1 aliphatic carbocycles. The summed E-state index contributed by atoms with van der Waals surface area (Å²) < 4.78 is 7.81. The summed E-state index contributed by atoms with van der Waals surface area (Å²) in [6.45, 7) is 7.75. The molecular weight excluding hydrogens is 526 g/mol. The zero-order chi connectivity index (χ0) is 28.8. The molecule has 2 aliphatic rings. The molecule has 0 bridgehead atoms. The molecule has 7 rings (SSSR count). The molecule has 1 saturated carbocycles. The van der Waals surface area contributed by atoms with Crippen LogP contribution in [0.15, 0.2) is 74.0 Å². The van der Waals surface area contributed by atoms with Gasteiger partial charge in [0.2, 0.25) is 0 Å². The van der Waals surface area contributed by atoms with Crippen molar-refractivity contribution in [3.8, 4) is 23.3 Å². The highest BCUT2D eigenvalue weighted by Crippen LogP contribution is 2.56. The summed E-state index contributed by atoms with van der Waals surface area (Å²) in [4.78, 5) is 28.1. The van der Waals surface area contributed by atoms with E-state index in [1.54, 1.807) is 10.8 Å². The largest absolute Gasteiger partial charge is 0.457 e. The molecule has 2 atom stereocenters. The van der Waals surface area contributed by atoms with Crippen LogP contribution in [0.5, 0.6) is 11.5 Å². The SMILES string of the molecule is C=CC(=O)Cc1cc2c(Nc3ccc(Oc4ccn5ncnc5c4)c(C)c3)ncnc2cc1C#CC12CC1CN(C)C2. The quantitative estimate of drug-likeness (QED) is 0.218. The number of ketones is 1. The number of fused-ring (bicyclic) bond motifs is 3. The van der Waals surface area contributed by atoms with E-state index >= 15 is 0 Å². The average Bonchev–Trinajstić information content (AvgIpc) is 3.27. The van der Waals surface area contributed by atoms with Gasteiger partial charge in [-0.3, -0.25) is 4.79 Å². The molecule has 1 N–H and O–H groups in total. The van der Waals surface area contributed by atoms with E-state index in [1.165, 1.54) is 12.4 Å². The normalized spacial score (nSPS) is 19.2. The number of likely N-dealkylation sites (tertiary alicyclic amines) is 1. The Hall–Kier alpha value is -5.07. The number of nitrogens with one attached hydrogen (secondary N) is 1. The van der Waals surface area contributed by atoms with E-state index in [0.29, 0.717) is 23.1 Å². The molecule has 9 nitrogen and oxygen atoms in total. The molecule has 1 aliphatic heterocycles. The maximum Gasteiger partial charge on any atom is 0.159 e. The number of anilines is 2. The summed E-state index contributed by atoms with van der Waals surface area (Å²) >= 11 is 0.